The summed E-state index contributed by atoms with van der Waals surface area (Å²) < 4.78 is 33.2. The number of anilines is 2. The molecule has 1 aliphatic heterocycles. The minimum Gasteiger partial charge on any atom is -0.423 e. The van der Waals surface area contributed by atoms with Gasteiger partial charge >= 0.3 is 7.12 Å². The van der Waals surface area contributed by atoms with Crippen molar-refractivity contribution >= 4 is 39.9 Å². The topological polar surface area (TPSA) is 105 Å². The van der Waals surface area contributed by atoms with Gasteiger partial charge in [0.05, 0.1) is 11.5 Å². The third-order valence-electron chi connectivity index (χ3n) is 4.18. The van der Waals surface area contributed by atoms with Crippen LogP contribution in [0, 0.1) is 13.8 Å². The molecule has 0 atom stereocenters. The Balaban J connectivity index is 1.93. The normalized spacial score (nSPS) is 13.5. The summed E-state index contributed by atoms with van der Waals surface area (Å²) >= 11 is 0. The minimum absolute atomic E-state index is 0.126. The van der Waals surface area contributed by atoms with Crippen LogP contribution in [0.3, 0.4) is 0 Å². The fourth-order valence-electron chi connectivity index (χ4n) is 2.89. The van der Waals surface area contributed by atoms with Crippen molar-refractivity contribution in [2.75, 3.05) is 10.0 Å². The molecule has 0 saturated heterocycles. The maximum atomic E-state index is 12.8. The quantitative estimate of drug-likeness (QED) is 0.700. The molecular formula is C17H19BN2O5S. The lowest BCUT2D eigenvalue weighted by molar-refractivity contribution is -0.114. The second-order valence-corrected chi connectivity index (χ2v) is 7.95. The number of rotatable bonds is 4. The number of hydrogen-bond acceptors (Lipinski definition) is 5. The molecule has 1 amide bonds. The number of fused-ring (bicyclic) bond motifs is 1. The third-order valence-corrected chi connectivity index (χ3v) is 5.71. The van der Waals surface area contributed by atoms with Crippen molar-refractivity contribution in [3.63, 3.8) is 0 Å². The molecular weight excluding hydrogens is 355 g/mol. The van der Waals surface area contributed by atoms with Crippen molar-refractivity contribution in [1.82, 2.24) is 0 Å². The lowest BCUT2D eigenvalue weighted by Crippen LogP contribution is -2.28. The number of hydrogen-bond donors (Lipinski definition) is 3. The van der Waals surface area contributed by atoms with E-state index in [9.17, 15) is 18.2 Å². The van der Waals surface area contributed by atoms with Gasteiger partial charge in [-0.15, -0.1) is 0 Å². The summed E-state index contributed by atoms with van der Waals surface area (Å²) in [7, 11) is -4.88. The fraction of sp³-hybridized carbons (Fsp3) is 0.235. The Morgan fingerprint density at radius 3 is 2.62 bits per heavy atom. The van der Waals surface area contributed by atoms with Gasteiger partial charge in [0.25, 0.3) is 10.0 Å². The van der Waals surface area contributed by atoms with Crippen molar-refractivity contribution < 1.29 is 22.9 Å². The Labute approximate surface area is 152 Å². The van der Waals surface area contributed by atoms with E-state index in [4.69, 9.17) is 4.65 Å². The van der Waals surface area contributed by atoms with E-state index in [0.717, 1.165) is 5.56 Å². The van der Waals surface area contributed by atoms with Gasteiger partial charge in [0.15, 0.2) is 0 Å². The lowest BCUT2D eigenvalue weighted by atomic mass is 9.79. The molecule has 0 spiro atoms. The molecule has 7 nitrogen and oxygen atoms in total. The maximum Gasteiger partial charge on any atom is 0.491 e. The molecule has 0 fully saturated rings. The summed E-state index contributed by atoms with van der Waals surface area (Å²) in [6.45, 7) is 5.09. The highest BCUT2D eigenvalue weighted by atomic mass is 32.2. The van der Waals surface area contributed by atoms with E-state index < -0.39 is 17.1 Å². The van der Waals surface area contributed by atoms with Crippen LogP contribution in [0.15, 0.2) is 35.2 Å². The Morgan fingerprint density at radius 1 is 1.19 bits per heavy atom. The highest BCUT2D eigenvalue weighted by Gasteiger charge is 2.28. The molecule has 0 radical (unpaired) electrons. The zero-order valence-electron chi connectivity index (χ0n) is 14.7. The first-order valence-electron chi connectivity index (χ1n) is 8.01. The van der Waals surface area contributed by atoms with Crippen molar-refractivity contribution in [2.24, 2.45) is 0 Å². The molecule has 1 heterocycles. The summed E-state index contributed by atoms with van der Waals surface area (Å²) in [5, 5.41) is 12.4. The van der Waals surface area contributed by atoms with Crippen molar-refractivity contribution in [3.8, 4) is 0 Å². The van der Waals surface area contributed by atoms with Crippen LogP contribution in [0.25, 0.3) is 0 Å². The third kappa shape index (κ3) is 3.60. The number of sulfonamides is 1. The van der Waals surface area contributed by atoms with Crippen LogP contribution in [0.5, 0.6) is 0 Å². The first-order chi connectivity index (χ1) is 12.2. The zero-order chi connectivity index (χ0) is 19.1. The van der Waals surface area contributed by atoms with Crippen LogP contribution in [-0.2, 0) is 26.1 Å². The van der Waals surface area contributed by atoms with Gasteiger partial charge in [0.2, 0.25) is 5.91 Å². The Kier molecular flexibility index (Phi) is 4.79. The van der Waals surface area contributed by atoms with Crippen molar-refractivity contribution in [3.05, 3.63) is 47.0 Å². The average molecular weight is 374 g/mol. The first kappa shape index (κ1) is 18.4. The Morgan fingerprint density at radius 2 is 1.92 bits per heavy atom. The smallest absolute Gasteiger partial charge is 0.423 e. The molecule has 3 N–H and O–H groups in total. The zero-order valence-corrected chi connectivity index (χ0v) is 15.5. The molecule has 0 unspecified atom stereocenters. The van der Waals surface area contributed by atoms with Crippen LogP contribution >= 0.6 is 0 Å². The highest BCUT2D eigenvalue weighted by molar-refractivity contribution is 7.92. The predicted octanol–water partition coefficient (Wildman–Crippen LogP) is 1.28. The van der Waals surface area contributed by atoms with Gasteiger partial charge in [-0.3, -0.25) is 9.52 Å². The van der Waals surface area contributed by atoms with Crippen molar-refractivity contribution in [2.45, 2.75) is 32.3 Å². The second-order valence-electron chi connectivity index (χ2n) is 6.30. The number of carbonyl (C=O) groups is 1. The van der Waals surface area contributed by atoms with E-state index in [1.54, 1.807) is 38.1 Å². The standard InChI is InChI=1S/C17H19BN2O5S/c1-10-7-17(11(2)6-16(10)19-12(3)21)26(23,24)20-14-5-4-13-9-25-18(22)15(13)8-14/h4-8,20,22H,9H2,1-3H3,(H,19,21). The number of amides is 1. The van der Waals surface area contributed by atoms with Gasteiger partial charge in [-0.05, 0) is 60.3 Å². The van der Waals surface area contributed by atoms with E-state index in [-0.39, 0.29) is 10.8 Å². The Bertz CT molecular complexity index is 991. The molecule has 0 aliphatic carbocycles. The van der Waals surface area contributed by atoms with Gasteiger partial charge in [-0.25, -0.2) is 8.42 Å². The molecule has 26 heavy (non-hydrogen) atoms. The monoisotopic (exact) mass is 374 g/mol. The summed E-state index contributed by atoms with van der Waals surface area (Å²) in [6, 6.07) is 8.07. The summed E-state index contributed by atoms with van der Waals surface area (Å²) in [5.41, 5.74) is 3.45. The van der Waals surface area contributed by atoms with Gasteiger partial charge in [0, 0.05) is 18.3 Å². The average Bonchev–Trinajstić information content (AvgIpc) is 2.90. The molecule has 0 saturated carbocycles. The van der Waals surface area contributed by atoms with E-state index >= 15 is 0 Å². The van der Waals surface area contributed by atoms with Gasteiger partial charge in [-0.1, -0.05) is 6.07 Å². The molecule has 9 heteroatoms. The van der Waals surface area contributed by atoms with E-state index in [1.165, 1.54) is 13.0 Å². The molecule has 136 valence electrons. The van der Waals surface area contributed by atoms with Gasteiger partial charge < -0.3 is 15.0 Å². The van der Waals surface area contributed by atoms with Crippen molar-refractivity contribution in [1.29, 1.82) is 0 Å². The number of aryl methyl sites for hydroxylation is 2. The molecule has 2 aromatic carbocycles. The molecule has 3 rings (SSSR count). The largest absolute Gasteiger partial charge is 0.491 e. The second kappa shape index (κ2) is 6.75. The number of nitrogens with one attached hydrogen (secondary N) is 2. The fourth-order valence-corrected chi connectivity index (χ4v) is 4.25. The minimum atomic E-state index is -3.83. The van der Waals surface area contributed by atoms with E-state index in [1.807, 2.05) is 0 Å². The van der Waals surface area contributed by atoms with Gasteiger partial charge in [-0.2, -0.15) is 0 Å². The van der Waals surface area contributed by atoms with Crippen LogP contribution in [0.1, 0.15) is 23.6 Å². The van der Waals surface area contributed by atoms with Crippen LogP contribution in [-0.4, -0.2) is 26.5 Å². The highest BCUT2D eigenvalue weighted by Crippen LogP contribution is 2.26. The maximum absolute atomic E-state index is 12.8. The van der Waals surface area contributed by atoms with Crippen LogP contribution < -0.4 is 15.5 Å². The molecule has 0 bridgehead atoms. The van der Waals surface area contributed by atoms with E-state index in [2.05, 4.69) is 10.0 Å². The summed E-state index contributed by atoms with van der Waals surface area (Å²) in [5.74, 6) is -0.222. The molecule has 1 aliphatic rings. The Hall–Kier alpha value is -2.36. The first-order valence-corrected chi connectivity index (χ1v) is 9.50. The summed E-state index contributed by atoms with van der Waals surface area (Å²) in [4.78, 5) is 11.4. The SMILES string of the molecule is CC(=O)Nc1cc(C)c(S(=O)(=O)Nc2ccc3c(c2)B(O)OC3)cc1C. The lowest BCUT2D eigenvalue weighted by Gasteiger charge is -2.15. The van der Waals surface area contributed by atoms with E-state index in [0.29, 0.717) is 34.6 Å². The number of carbonyl (C=O) groups excluding carboxylic acids is 1. The van der Waals surface area contributed by atoms with Crippen LogP contribution in [0.2, 0.25) is 0 Å². The molecule has 0 aromatic heterocycles. The van der Waals surface area contributed by atoms with Crippen LogP contribution in [0.4, 0.5) is 11.4 Å². The van der Waals surface area contributed by atoms with Gasteiger partial charge in [0.1, 0.15) is 0 Å². The summed E-state index contributed by atoms with van der Waals surface area (Å²) in [6.07, 6.45) is 0. The molecule has 2 aromatic rings. The predicted molar refractivity (Wildman–Crippen MR) is 99.9 cm³/mol. The number of benzene rings is 2.